The standard InChI is InChI=1S/C12H13NO4S/c1-12(2)5-9(14)13(11(12)17)6-7-3-4-8(18-7)10(15)16/h3-4H,5-6H2,1-2H3,(H,15,16). The SMILES string of the molecule is CC1(C)CC(=O)N(Cc2ccc(C(=O)O)s2)C1=O. The molecule has 18 heavy (non-hydrogen) atoms. The van der Waals surface area contributed by atoms with Gasteiger partial charge < -0.3 is 5.11 Å². The quantitative estimate of drug-likeness (QED) is 0.846. The molecule has 1 aromatic rings. The van der Waals surface area contributed by atoms with E-state index in [1.54, 1.807) is 19.9 Å². The second-order valence-corrected chi connectivity index (χ2v) is 6.09. The average Bonchev–Trinajstić information content (AvgIpc) is 2.78. The Labute approximate surface area is 108 Å². The number of carboxylic acid groups (broad SMARTS) is 1. The molecular weight excluding hydrogens is 254 g/mol. The van der Waals surface area contributed by atoms with Crippen molar-refractivity contribution in [1.82, 2.24) is 4.90 Å². The number of nitrogens with zero attached hydrogens (tertiary/aromatic N) is 1. The van der Waals surface area contributed by atoms with Crippen LogP contribution in [0.15, 0.2) is 12.1 Å². The predicted molar refractivity (Wildman–Crippen MR) is 65.2 cm³/mol. The van der Waals surface area contributed by atoms with Crippen molar-refractivity contribution >= 4 is 29.1 Å². The van der Waals surface area contributed by atoms with Crippen LogP contribution in [-0.2, 0) is 16.1 Å². The van der Waals surface area contributed by atoms with E-state index in [1.807, 2.05) is 0 Å². The van der Waals surface area contributed by atoms with Crippen molar-refractivity contribution in [2.24, 2.45) is 5.41 Å². The molecule has 1 fully saturated rings. The molecule has 1 aliphatic rings. The highest BCUT2D eigenvalue weighted by molar-refractivity contribution is 7.13. The highest BCUT2D eigenvalue weighted by Gasteiger charge is 2.44. The molecule has 2 rings (SSSR count). The fourth-order valence-corrected chi connectivity index (χ4v) is 2.76. The summed E-state index contributed by atoms with van der Waals surface area (Å²) in [7, 11) is 0. The second-order valence-electron chi connectivity index (χ2n) is 4.92. The Morgan fingerprint density at radius 3 is 2.56 bits per heavy atom. The van der Waals surface area contributed by atoms with Gasteiger partial charge in [0.05, 0.1) is 12.0 Å². The van der Waals surface area contributed by atoms with Crippen molar-refractivity contribution < 1.29 is 19.5 Å². The van der Waals surface area contributed by atoms with E-state index in [-0.39, 0.29) is 29.7 Å². The number of thiophene rings is 1. The number of aromatic carboxylic acids is 1. The molecule has 0 spiro atoms. The average molecular weight is 267 g/mol. The first-order valence-corrected chi connectivity index (χ1v) is 6.30. The Morgan fingerprint density at radius 1 is 1.44 bits per heavy atom. The minimum absolute atomic E-state index is 0.166. The number of carbonyl (C=O) groups is 3. The molecule has 0 aliphatic carbocycles. The van der Waals surface area contributed by atoms with Gasteiger partial charge in [0.1, 0.15) is 4.88 Å². The summed E-state index contributed by atoms with van der Waals surface area (Å²) in [6.45, 7) is 3.65. The lowest BCUT2D eigenvalue weighted by Gasteiger charge is -2.16. The highest BCUT2D eigenvalue weighted by atomic mass is 32.1. The van der Waals surface area contributed by atoms with E-state index in [0.717, 1.165) is 11.3 Å². The zero-order chi connectivity index (χ0) is 13.5. The third-order valence-corrected chi connectivity index (χ3v) is 3.96. The predicted octanol–water partition coefficient (Wildman–Crippen LogP) is 1.73. The molecular formula is C12H13NO4S. The number of amides is 2. The monoisotopic (exact) mass is 267 g/mol. The van der Waals surface area contributed by atoms with Gasteiger partial charge in [-0.25, -0.2) is 4.79 Å². The van der Waals surface area contributed by atoms with Crippen molar-refractivity contribution in [3.8, 4) is 0 Å². The molecule has 1 aromatic heterocycles. The summed E-state index contributed by atoms with van der Waals surface area (Å²) < 4.78 is 0. The first-order chi connectivity index (χ1) is 8.31. The largest absolute Gasteiger partial charge is 0.477 e. The molecule has 0 aromatic carbocycles. The molecule has 2 amide bonds. The number of rotatable bonds is 3. The fraction of sp³-hybridized carbons (Fsp3) is 0.417. The van der Waals surface area contributed by atoms with Crippen molar-refractivity contribution in [3.05, 3.63) is 21.9 Å². The van der Waals surface area contributed by atoms with Crippen LogP contribution in [-0.4, -0.2) is 27.8 Å². The summed E-state index contributed by atoms with van der Waals surface area (Å²) in [5.74, 6) is -1.39. The Bertz CT molecular complexity index is 532. The first kappa shape index (κ1) is 12.8. The van der Waals surface area contributed by atoms with Gasteiger partial charge in [0.15, 0.2) is 0 Å². The normalized spacial score (nSPS) is 18.4. The van der Waals surface area contributed by atoms with E-state index in [0.29, 0.717) is 4.88 Å². The van der Waals surface area contributed by atoms with Crippen LogP contribution in [0.5, 0.6) is 0 Å². The summed E-state index contributed by atoms with van der Waals surface area (Å²) in [5, 5.41) is 8.81. The van der Waals surface area contributed by atoms with Crippen LogP contribution in [0.3, 0.4) is 0 Å². The van der Waals surface area contributed by atoms with Gasteiger partial charge in [-0.05, 0) is 12.1 Å². The van der Waals surface area contributed by atoms with Crippen molar-refractivity contribution in [1.29, 1.82) is 0 Å². The van der Waals surface area contributed by atoms with Crippen LogP contribution in [0.1, 0.15) is 34.8 Å². The zero-order valence-electron chi connectivity index (χ0n) is 10.1. The van der Waals surface area contributed by atoms with Gasteiger partial charge in [0.2, 0.25) is 11.8 Å². The van der Waals surface area contributed by atoms with Crippen LogP contribution < -0.4 is 0 Å². The maximum atomic E-state index is 12.0. The van der Waals surface area contributed by atoms with Gasteiger partial charge >= 0.3 is 5.97 Å². The van der Waals surface area contributed by atoms with Crippen molar-refractivity contribution in [2.45, 2.75) is 26.8 Å². The van der Waals surface area contributed by atoms with Gasteiger partial charge in [0, 0.05) is 11.3 Å². The van der Waals surface area contributed by atoms with E-state index < -0.39 is 11.4 Å². The maximum absolute atomic E-state index is 12.0. The molecule has 1 saturated heterocycles. The number of likely N-dealkylation sites (tertiary alicyclic amines) is 1. The topological polar surface area (TPSA) is 74.7 Å². The Morgan fingerprint density at radius 2 is 2.11 bits per heavy atom. The number of hydrogen-bond donors (Lipinski definition) is 1. The number of carbonyl (C=O) groups excluding carboxylic acids is 2. The van der Waals surface area contributed by atoms with E-state index in [2.05, 4.69) is 0 Å². The summed E-state index contributed by atoms with van der Waals surface area (Å²) in [6.07, 6.45) is 0.211. The number of hydrogen-bond acceptors (Lipinski definition) is 4. The molecule has 0 atom stereocenters. The van der Waals surface area contributed by atoms with Crippen LogP contribution in [0, 0.1) is 5.41 Å². The number of imide groups is 1. The third-order valence-electron chi connectivity index (χ3n) is 2.90. The van der Waals surface area contributed by atoms with Gasteiger partial charge in [-0.3, -0.25) is 14.5 Å². The van der Waals surface area contributed by atoms with Crippen LogP contribution in [0.2, 0.25) is 0 Å². The molecule has 96 valence electrons. The summed E-state index contributed by atoms with van der Waals surface area (Å²) in [6, 6.07) is 3.12. The van der Waals surface area contributed by atoms with E-state index in [9.17, 15) is 14.4 Å². The lowest BCUT2D eigenvalue weighted by molar-refractivity contribution is -0.141. The molecule has 5 nitrogen and oxygen atoms in total. The second kappa shape index (κ2) is 4.20. The van der Waals surface area contributed by atoms with Gasteiger partial charge in [-0.2, -0.15) is 0 Å². The Hall–Kier alpha value is -1.69. The summed E-state index contributed by atoms with van der Waals surface area (Å²) >= 11 is 1.09. The molecule has 0 bridgehead atoms. The molecule has 6 heteroatoms. The molecule has 1 aliphatic heterocycles. The van der Waals surface area contributed by atoms with E-state index in [1.165, 1.54) is 11.0 Å². The third kappa shape index (κ3) is 2.15. The molecule has 1 N–H and O–H groups in total. The zero-order valence-corrected chi connectivity index (χ0v) is 10.9. The van der Waals surface area contributed by atoms with Gasteiger partial charge in [0.25, 0.3) is 0 Å². The summed E-state index contributed by atoms with van der Waals surface area (Å²) in [4.78, 5) is 36.6. The minimum atomic E-state index is -0.995. The lowest BCUT2D eigenvalue weighted by Crippen LogP contribution is -2.32. The molecule has 2 heterocycles. The van der Waals surface area contributed by atoms with E-state index >= 15 is 0 Å². The first-order valence-electron chi connectivity index (χ1n) is 5.48. The van der Waals surface area contributed by atoms with E-state index in [4.69, 9.17) is 5.11 Å². The Kier molecular flexibility index (Phi) is 2.98. The highest BCUT2D eigenvalue weighted by Crippen LogP contribution is 2.33. The van der Waals surface area contributed by atoms with Gasteiger partial charge in [-0.15, -0.1) is 11.3 Å². The smallest absolute Gasteiger partial charge is 0.345 e. The fourth-order valence-electron chi connectivity index (χ4n) is 1.92. The molecule has 0 saturated carbocycles. The Balaban J connectivity index is 2.16. The van der Waals surface area contributed by atoms with Crippen molar-refractivity contribution in [3.63, 3.8) is 0 Å². The minimum Gasteiger partial charge on any atom is -0.477 e. The van der Waals surface area contributed by atoms with Crippen LogP contribution >= 0.6 is 11.3 Å². The van der Waals surface area contributed by atoms with Crippen molar-refractivity contribution in [2.75, 3.05) is 0 Å². The lowest BCUT2D eigenvalue weighted by atomic mass is 9.92. The van der Waals surface area contributed by atoms with Gasteiger partial charge in [-0.1, -0.05) is 13.8 Å². The van der Waals surface area contributed by atoms with Crippen LogP contribution in [0.4, 0.5) is 0 Å². The summed E-state index contributed by atoms with van der Waals surface area (Å²) in [5.41, 5.74) is -0.649. The number of carboxylic acids is 1. The maximum Gasteiger partial charge on any atom is 0.345 e. The molecule has 0 unspecified atom stereocenters. The molecule has 0 radical (unpaired) electrons. The van der Waals surface area contributed by atoms with Crippen LogP contribution in [0.25, 0.3) is 0 Å².